The Morgan fingerprint density at radius 1 is 1.30 bits per heavy atom. The zero-order chi connectivity index (χ0) is 24.2. The van der Waals surface area contributed by atoms with Crippen LogP contribution >= 0.6 is 12.2 Å². The van der Waals surface area contributed by atoms with Gasteiger partial charge in [0.25, 0.3) is 0 Å². The summed E-state index contributed by atoms with van der Waals surface area (Å²) in [7, 11) is -3.43. The number of morpholine rings is 1. The second kappa shape index (κ2) is 10.3. The standard InChI is InChI=1S/C22H31N5O4S2/c1-15-14-31-12-10-27(15)19-13-18(22(2,3)33(4,29)30)25-20(26-19)16-5-7-17(8-6-16)24-21(32)23-9-11-28/h5-8,13,15,28H,9-12,14H2,1-4H3,(H2,23,24,32)/t15-/m0/s1. The molecule has 0 unspecified atom stereocenters. The van der Waals surface area contributed by atoms with Gasteiger partial charge >= 0.3 is 0 Å². The Morgan fingerprint density at radius 2 is 2.00 bits per heavy atom. The van der Waals surface area contributed by atoms with Crippen LogP contribution in [0.15, 0.2) is 30.3 Å². The van der Waals surface area contributed by atoms with Crippen LogP contribution in [0.1, 0.15) is 26.5 Å². The van der Waals surface area contributed by atoms with E-state index in [0.29, 0.717) is 48.8 Å². The summed E-state index contributed by atoms with van der Waals surface area (Å²) in [6.45, 7) is 7.55. The van der Waals surface area contributed by atoms with Crippen LogP contribution in [0.3, 0.4) is 0 Å². The highest BCUT2D eigenvalue weighted by Gasteiger charge is 2.35. The van der Waals surface area contributed by atoms with Crippen molar-refractivity contribution in [3.8, 4) is 11.4 Å². The predicted octanol–water partition coefficient (Wildman–Crippen LogP) is 1.93. The fraction of sp³-hybridized carbons (Fsp3) is 0.500. The highest BCUT2D eigenvalue weighted by molar-refractivity contribution is 7.91. The molecule has 2 aromatic rings. The molecule has 1 aliphatic rings. The lowest BCUT2D eigenvalue weighted by molar-refractivity contribution is 0.0985. The van der Waals surface area contributed by atoms with Crippen molar-refractivity contribution in [3.05, 3.63) is 36.0 Å². The zero-order valence-electron chi connectivity index (χ0n) is 19.3. The normalized spacial score (nSPS) is 17.0. The molecule has 1 aliphatic heterocycles. The highest BCUT2D eigenvalue weighted by atomic mass is 32.2. The summed E-state index contributed by atoms with van der Waals surface area (Å²) in [4.78, 5) is 11.6. The summed E-state index contributed by atoms with van der Waals surface area (Å²) in [6.07, 6.45) is 1.22. The molecule has 33 heavy (non-hydrogen) atoms. The molecule has 180 valence electrons. The van der Waals surface area contributed by atoms with Crippen molar-refractivity contribution < 1.29 is 18.3 Å². The monoisotopic (exact) mass is 493 g/mol. The smallest absolute Gasteiger partial charge is 0.170 e. The maximum absolute atomic E-state index is 12.5. The van der Waals surface area contributed by atoms with Crippen LogP contribution in [0.2, 0.25) is 0 Å². The highest BCUT2D eigenvalue weighted by Crippen LogP contribution is 2.32. The van der Waals surface area contributed by atoms with Gasteiger partial charge in [-0.2, -0.15) is 0 Å². The minimum atomic E-state index is -3.43. The second-order valence-corrected chi connectivity index (χ2v) is 11.5. The van der Waals surface area contributed by atoms with Gasteiger partial charge in [-0.25, -0.2) is 18.4 Å². The molecule has 0 amide bonds. The maximum Gasteiger partial charge on any atom is 0.170 e. The summed E-state index contributed by atoms with van der Waals surface area (Å²) >= 11 is 5.19. The number of aromatic nitrogens is 2. The molecular formula is C22H31N5O4S2. The van der Waals surface area contributed by atoms with E-state index < -0.39 is 14.6 Å². The van der Waals surface area contributed by atoms with Crippen molar-refractivity contribution in [2.45, 2.75) is 31.6 Å². The molecule has 0 spiro atoms. The lowest BCUT2D eigenvalue weighted by atomic mass is 10.1. The second-order valence-electron chi connectivity index (χ2n) is 8.52. The molecule has 1 saturated heterocycles. The van der Waals surface area contributed by atoms with Crippen LogP contribution in [-0.2, 0) is 19.3 Å². The van der Waals surface area contributed by atoms with E-state index in [9.17, 15) is 8.42 Å². The van der Waals surface area contributed by atoms with Crippen LogP contribution in [0.5, 0.6) is 0 Å². The number of nitrogens with zero attached hydrogens (tertiary/aromatic N) is 3. The van der Waals surface area contributed by atoms with Gasteiger partial charge in [-0.05, 0) is 57.3 Å². The Bertz CT molecular complexity index is 1090. The third-order valence-electron chi connectivity index (χ3n) is 5.72. The van der Waals surface area contributed by atoms with Crippen LogP contribution < -0.4 is 15.5 Å². The van der Waals surface area contributed by atoms with Crippen molar-refractivity contribution in [1.29, 1.82) is 0 Å². The van der Waals surface area contributed by atoms with Crippen molar-refractivity contribution in [1.82, 2.24) is 15.3 Å². The number of aliphatic hydroxyl groups is 1. The molecule has 1 atom stereocenters. The quantitative estimate of drug-likeness (QED) is 0.494. The van der Waals surface area contributed by atoms with Gasteiger partial charge in [0.2, 0.25) is 0 Å². The molecular weight excluding hydrogens is 462 g/mol. The summed E-state index contributed by atoms with van der Waals surface area (Å²) in [5.74, 6) is 1.13. The average molecular weight is 494 g/mol. The van der Waals surface area contributed by atoms with Gasteiger partial charge in [-0.1, -0.05) is 0 Å². The summed E-state index contributed by atoms with van der Waals surface area (Å²) in [6, 6.07) is 9.28. The first kappa shape index (κ1) is 25.3. The van der Waals surface area contributed by atoms with E-state index in [4.69, 9.17) is 27.0 Å². The Balaban J connectivity index is 1.99. The van der Waals surface area contributed by atoms with Gasteiger partial charge in [0.05, 0.1) is 31.6 Å². The number of aliphatic hydroxyl groups excluding tert-OH is 1. The molecule has 0 aliphatic carbocycles. The molecule has 1 aromatic carbocycles. The summed E-state index contributed by atoms with van der Waals surface area (Å²) in [5.41, 5.74) is 1.97. The van der Waals surface area contributed by atoms with Gasteiger partial charge in [0.1, 0.15) is 10.6 Å². The number of ether oxygens (including phenoxy) is 1. The Labute approximate surface area is 200 Å². The van der Waals surface area contributed by atoms with Gasteiger partial charge in [-0.3, -0.25) is 0 Å². The van der Waals surface area contributed by atoms with E-state index >= 15 is 0 Å². The lowest BCUT2D eigenvalue weighted by Crippen LogP contribution is -2.44. The molecule has 1 aromatic heterocycles. The Hall–Kier alpha value is -2.34. The lowest BCUT2D eigenvalue weighted by Gasteiger charge is -2.35. The van der Waals surface area contributed by atoms with E-state index in [-0.39, 0.29) is 12.6 Å². The number of thiocarbonyl (C=S) groups is 1. The van der Waals surface area contributed by atoms with Crippen LogP contribution in [0.4, 0.5) is 11.5 Å². The largest absolute Gasteiger partial charge is 0.395 e. The van der Waals surface area contributed by atoms with Gasteiger partial charge in [-0.15, -0.1) is 0 Å². The molecule has 9 nitrogen and oxygen atoms in total. The van der Waals surface area contributed by atoms with Crippen LogP contribution in [0.25, 0.3) is 11.4 Å². The van der Waals surface area contributed by atoms with Gasteiger partial charge < -0.3 is 25.4 Å². The third kappa shape index (κ3) is 5.97. The predicted molar refractivity (Wildman–Crippen MR) is 134 cm³/mol. The molecule has 3 rings (SSSR count). The third-order valence-corrected chi connectivity index (χ3v) is 8.03. The molecule has 3 N–H and O–H groups in total. The summed E-state index contributed by atoms with van der Waals surface area (Å²) in [5, 5.41) is 15.2. The number of nitrogens with one attached hydrogen (secondary N) is 2. The number of anilines is 2. The molecule has 1 fully saturated rings. The first-order valence-electron chi connectivity index (χ1n) is 10.7. The van der Waals surface area contributed by atoms with Gasteiger partial charge in [0.15, 0.2) is 20.8 Å². The van der Waals surface area contributed by atoms with Crippen molar-refractivity contribution in [2.75, 3.05) is 49.4 Å². The van der Waals surface area contributed by atoms with E-state index in [1.54, 1.807) is 19.9 Å². The number of hydrogen-bond acceptors (Lipinski definition) is 8. The Kier molecular flexibility index (Phi) is 7.88. The number of benzene rings is 1. The molecule has 0 bridgehead atoms. The van der Waals surface area contributed by atoms with Crippen molar-refractivity contribution in [2.24, 2.45) is 0 Å². The SMILES string of the molecule is C[C@H]1COCCN1c1cc(C(C)(C)S(C)(=O)=O)nc(-c2ccc(NC(=S)NCCO)cc2)n1. The van der Waals surface area contributed by atoms with E-state index in [2.05, 4.69) is 27.4 Å². The van der Waals surface area contributed by atoms with Crippen molar-refractivity contribution in [3.63, 3.8) is 0 Å². The molecule has 11 heteroatoms. The topological polar surface area (TPSA) is 117 Å². The fourth-order valence-electron chi connectivity index (χ4n) is 3.32. The minimum Gasteiger partial charge on any atom is -0.395 e. The van der Waals surface area contributed by atoms with E-state index in [0.717, 1.165) is 11.3 Å². The van der Waals surface area contributed by atoms with Crippen molar-refractivity contribution >= 4 is 38.7 Å². The molecule has 2 heterocycles. The molecule has 0 radical (unpaired) electrons. The van der Waals surface area contributed by atoms with E-state index in [1.807, 2.05) is 24.3 Å². The van der Waals surface area contributed by atoms with E-state index in [1.165, 1.54) is 6.26 Å². The average Bonchev–Trinajstić information content (AvgIpc) is 2.77. The minimum absolute atomic E-state index is 0.0115. The van der Waals surface area contributed by atoms with Gasteiger partial charge in [0, 0.05) is 36.7 Å². The first-order valence-corrected chi connectivity index (χ1v) is 13.0. The first-order chi connectivity index (χ1) is 15.5. The molecule has 0 saturated carbocycles. The number of sulfone groups is 1. The fourth-order valence-corrected chi connectivity index (χ4v) is 4.03. The maximum atomic E-state index is 12.5. The zero-order valence-corrected chi connectivity index (χ0v) is 21.0. The number of hydrogen-bond donors (Lipinski definition) is 3. The van der Waals surface area contributed by atoms with Crippen LogP contribution in [-0.4, -0.2) is 73.8 Å². The Morgan fingerprint density at radius 3 is 2.61 bits per heavy atom. The summed E-state index contributed by atoms with van der Waals surface area (Å²) < 4.78 is 29.5. The number of rotatable bonds is 7. The van der Waals surface area contributed by atoms with Crippen LogP contribution in [0, 0.1) is 0 Å².